The molecule has 4 rings (SSSR count). The maximum atomic E-state index is 14.4. The molecule has 3 aromatic rings. The summed E-state index contributed by atoms with van der Waals surface area (Å²) in [6.07, 6.45) is 1.20. The van der Waals surface area contributed by atoms with Crippen LogP contribution < -0.4 is 5.32 Å². The minimum atomic E-state index is -0.809. The van der Waals surface area contributed by atoms with Crippen molar-refractivity contribution in [1.82, 2.24) is 0 Å². The zero-order valence-electron chi connectivity index (χ0n) is 15.4. The van der Waals surface area contributed by atoms with Crippen LogP contribution in [0.15, 0.2) is 60.7 Å². The van der Waals surface area contributed by atoms with Crippen LogP contribution in [0.3, 0.4) is 0 Å². The third-order valence-corrected chi connectivity index (χ3v) is 5.28. The maximum absolute atomic E-state index is 14.4. The van der Waals surface area contributed by atoms with Crippen LogP contribution in [0.2, 0.25) is 0 Å². The second-order valence-electron chi connectivity index (χ2n) is 7.30. The van der Waals surface area contributed by atoms with E-state index in [2.05, 4.69) is 5.32 Å². The number of halogens is 1. The van der Waals surface area contributed by atoms with E-state index in [1.807, 2.05) is 31.2 Å². The minimum Gasteiger partial charge on any atom is -0.504 e. The highest BCUT2D eigenvalue weighted by atomic mass is 19.1. The standard InChI is InChI=1S/C23H20FNO3/c1-14-3-2-4-15(11-14)16-5-7-18(24)19(12-16)25-22(28)23(9-10-23)17-6-8-20(26)21(27)13-17/h2-8,11-13,26-27H,9-10H2,1H3,(H,25,28). The van der Waals surface area contributed by atoms with Crippen molar-refractivity contribution >= 4 is 11.6 Å². The Balaban J connectivity index is 1.63. The van der Waals surface area contributed by atoms with Crippen LogP contribution in [-0.2, 0) is 10.2 Å². The predicted octanol–water partition coefficient (Wildman–Crippen LogP) is 4.88. The predicted molar refractivity (Wildman–Crippen MR) is 106 cm³/mol. The van der Waals surface area contributed by atoms with Gasteiger partial charge in [-0.2, -0.15) is 0 Å². The van der Waals surface area contributed by atoms with E-state index in [4.69, 9.17) is 0 Å². The molecule has 4 nitrogen and oxygen atoms in total. The van der Waals surface area contributed by atoms with Crippen molar-refractivity contribution in [3.63, 3.8) is 0 Å². The van der Waals surface area contributed by atoms with Gasteiger partial charge in [0.2, 0.25) is 5.91 Å². The lowest BCUT2D eigenvalue weighted by Crippen LogP contribution is -2.28. The van der Waals surface area contributed by atoms with Crippen LogP contribution >= 0.6 is 0 Å². The Morgan fingerprint density at radius 1 is 0.964 bits per heavy atom. The van der Waals surface area contributed by atoms with Gasteiger partial charge in [0.25, 0.3) is 0 Å². The van der Waals surface area contributed by atoms with Gasteiger partial charge in [-0.3, -0.25) is 4.79 Å². The summed E-state index contributed by atoms with van der Waals surface area (Å²) in [4.78, 5) is 12.9. The first kappa shape index (κ1) is 18.0. The monoisotopic (exact) mass is 377 g/mol. The number of benzene rings is 3. The SMILES string of the molecule is Cc1cccc(-c2ccc(F)c(NC(=O)C3(c4ccc(O)c(O)c4)CC3)c2)c1. The zero-order chi connectivity index (χ0) is 19.9. The molecule has 3 N–H and O–H groups in total. The smallest absolute Gasteiger partial charge is 0.235 e. The lowest BCUT2D eigenvalue weighted by atomic mass is 9.94. The van der Waals surface area contributed by atoms with Crippen LogP contribution in [0.1, 0.15) is 24.0 Å². The third-order valence-electron chi connectivity index (χ3n) is 5.28. The van der Waals surface area contributed by atoms with Gasteiger partial charge >= 0.3 is 0 Å². The van der Waals surface area contributed by atoms with Gasteiger partial charge in [-0.05, 0) is 60.7 Å². The van der Waals surface area contributed by atoms with Crippen molar-refractivity contribution in [2.45, 2.75) is 25.2 Å². The molecule has 0 radical (unpaired) electrons. The van der Waals surface area contributed by atoms with Crippen LogP contribution in [0, 0.1) is 12.7 Å². The minimum absolute atomic E-state index is 0.123. The molecule has 0 aromatic heterocycles. The van der Waals surface area contributed by atoms with Crippen molar-refractivity contribution in [2.24, 2.45) is 0 Å². The fourth-order valence-corrected chi connectivity index (χ4v) is 3.46. The van der Waals surface area contributed by atoms with Crippen LogP contribution in [0.4, 0.5) is 10.1 Å². The Labute approximate surface area is 162 Å². The molecule has 0 saturated heterocycles. The number of phenols is 2. The molecule has 0 aliphatic heterocycles. The van der Waals surface area contributed by atoms with Gasteiger partial charge in [-0.25, -0.2) is 4.39 Å². The van der Waals surface area contributed by atoms with Crippen LogP contribution in [-0.4, -0.2) is 16.1 Å². The van der Waals surface area contributed by atoms with Crippen molar-refractivity contribution in [1.29, 1.82) is 0 Å². The Bertz CT molecular complexity index is 1070. The van der Waals surface area contributed by atoms with Gasteiger partial charge in [-0.15, -0.1) is 0 Å². The second-order valence-corrected chi connectivity index (χ2v) is 7.30. The summed E-state index contributed by atoms with van der Waals surface area (Å²) in [7, 11) is 0. The maximum Gasteiger partial charge on any atom is 0.235 e. The zero-order valence-corrected chi connectivity index (χ0v) is 15.4. The van der Waals surface area contributed by atoms with Gasteiger partial charge in [0.1, 0.15) is 5.82 Å². The van der Waals surface area contributed by atoms with Crippen molar-refractivity contribution < 1.29 is 19.4 Å². The lowest BCUT2D eigenvalue weighted by Gasteiger charge is -2.17. The summed E-state index contributed by atoms with van der Waals surface area (Å²) in [5.74, 6) is -1.34. The first-order valence-corrected chi connectivity index (χ1v) is 9.09. The number of aryl methyl sites for hydroxylation is 1. The molecule has 1 fully saturated rings. The van der Waals surface area contributed by atoms with E-state index in [0.717, 1.165) is 16.7 Å². The van der Waals surface area contributed by atoms with Gasteiger partial charge in [0.05, 0.1) is 11.1 Å². The molecule has 3 aromatic carbocycles. The third kappa shape index (κ3) is 3.20. The number of nitrogens with one attached hydrogen (secondary N) is 1. The van der Waals surface area contributed by atoms with Gasteiger partial charge in [0.15, 0.2) is 11.5 Å². The summed E-state index contributed by atoms with van der Waals surface area (Å²) in [5.41, 5.74) is 2.77. The van der Waals surface area contributed by atoms with E-state index in [0.29, 0.717) is 18.4 Å². The van der Waals surface area contributed by atoms with Crippen molar-refractivity contribution in [3.05, 3.63) is 77.6 Å². The average molecular weight is 377 g/mol. The van der Waals surface area contributed by atoms with Crippen LogP contribution in [0.5, 0.6) is 11.5 Å². The van der Waals surface area contributed by atoms with E-state index in [9.17, 15) is 19.4 Å². The fourth-order valence-electron chi connectivity index (χ4n) is 3.46. The Morgan fingerprint density at radius 3 is 2.39 bits per heavy atom. The number of carbonyl (C=O) groups excluding carboxylic acids is 1. The van der Waals surface area contributed by atoms with E-state index in [1.54, 1.807) is 18.2 Å². The van der Waals surface area contributed by atoms with Gasteiger partial charge < -0.3 is 15.5 Å². The quantitative estimate of drug-likeness (QED) is 0.568. The number of anilines is 1. The Kier molecular flexibility index (Phi) is 4.30. The Hall–Kier alpha value is -3.34. The van der Waals surface area contributed by atoms with Crippen LogP contribution in [0.25, 0.3) is 11.1 Å². The summed E-state index contributed by atoms with van der Waals surface area (Å²) in [5, 5.41) is 22.0. The molecule has 0 heterocycles. The highest BCUT2D eigenvalue weighted by molar-refractivity contribution is 6.02. The van der Waals surface area contributed by atoms with E-state index < -0.39 is 11.2 Å². The molecule has 1 amide bonds. The molecular weight excluding hydrogens is 357 g/mol. The summed E-state index contributed by atoms with van der Waals surface area (Å²) < 4.78 is 14.4. The largest absolute Gasteiger partial charge is 0.504 e. The molecule has 142 valence electrons. The van der Waals surface area contributed by atoms with E-state index >= 15 is 0 Å². The van der Waals surface area contributed by atoms with Crippen molar-refractivity contribution in [3.8, 4) is 22.6 Å². The number of amides is 1. The lowest BCUT2D eigenvalue weighted by molar-refractivity contribution is -0.118. The first-order valence-electron chi connectivity index (χ1n) is 9.09. The molecule has 5 heteroatoms. The topological polar surface area (TPSA) is 69.6 Å². The molecule has 1 aliphatic rings. The first-order chi connectivity index (χ1) is 13.4. The fraction of sp³-hybridized carbons (Fsp3) is 0.174. The summed E-state index contributed by atoms with van der Waals surface area (Å²) in [6, 6.07) is 16.9. The molecular formula is C23H20FNO3. The molecule has 0 atom stereocenters. The summed E-state index contributed by atoms with van der Waals surface area (Å²) in [6.45, 7) is 1.99. The molecule has 0 unspecified atom stereocenters. The normalized spacial score (nSPS) is 14.5. The van der Waals surface area contributed by atoms with E-state index in [1.165, 1.54) is 18.2 Å². The summed E-state index contributed by atoms with van der Waals surface area (Å²) >= 11 is 0. The van der Waals surface area contributed by atoms with E-state index in [-0.39, 0.29) is 23.1 Å². The highest BCUT2D eigenvalue weighted by Gasteiger charge is 2.51. The highest BCUT2D eigenvalue weighted by Crippen LogP contribution is 2.50. The molecule has 0 spiro atoms. The number of carbonyl (C=O) groups is 1. The molecule has 0 bridgehead atoms. The number of hydrogen-bond acceptors (Lipinski definition) is 3. The van der Waals surface area contributed by atoms with Gasteiger partial charge in [-0.1, -0.05) is 42.0 Å². The second kappa shape index (κ2) is 6.68. The number of phenolic OH excluding ortho intramolecular Hbond substituents is 2. The van der Waals surface area contributed by atoms with Gasteiger partial charge in [0, 0.05) is 0 Å². The number of aromatic hydroxyl groups is 2. The average Bonchev–Trinajstić information content (AvgIpc) is 3.48. The number of hydrogen-bond donors (Lipinski definition) is 3. The van der Waals surface area contributed by atoms with Crippen molar-refractivity contribution in [2.75, 3.05) is 5.32 Å². The molecule has 28 heavy (non-hydrogen) atoms. The molecule has 1 saturated carbocycles. The number of rotatable bonds is 4. The molecule has 1 aliphatic carbocycles. The Morgan fingerprint density at radius 2 is 1.71 bits per heavy atom.